The van der Waals surface area contributed by atoms with Crippen LogP contribution in [0, 0.1) is 5.82 Å². The van der Waals surface area contributed by atoms with Crippen LogP contribution in [0.25, 0.3) is 23.1 Å². The van der Waals surface area contributed by atoms with Gasteiger partial charge in [0.15, 0.2) is 5.43 Å². The Balaban J connectivity index is 1.27. The summed E-state index contributed by atoms with van der Waals surface area (Å²) in [5.74, 6) is 0.137. The Morgan fingerprint density at radius 2 is 1.92 bits per heavy atom. The van der Waals surface area contributed by atoms with Crippen molar-refractivity contribution in [1.29, 1.82) is 0 Å². The second-order valence-electron chi connectivity index (χ2n) is 8.31. The lowest BCUT2D eigenvalue weighted by atomic mass is 10.0. The number of hydrogen-bond donors (Lipinski definition) is 1. The number of carboxylic acid groups (broad SMARTS) is 1. The Labute approximate surface area is 205 Å². The molecule has 1 aliphatic rings. The Bertz CT molecular complexity index is 1510. The van der Waals surface area contributed by atoms with Gasteiger partial charge in [0.05, 0.1) is 24.7 Å². The molecule has 0 aliphatic carbocycles. The molecular formula is C28H21FO7. The van der Waals surface area contributed by atoms with Crippen molar-refractivity contribution in [1.82, 2.24) is 0 Å². The van der Waals surface area contributed by atoms with Gasteiger partial charge in [-0.25, -0.2) is 9.18 Å². The predicted molar refractivity (Wildman–Crippen MR) is 131 cm³/mol. The van der Waals surface area contributed by atoms with Gasteiger partial charge in [-0.2, -0.15) is 0 Å². The van der Waals surface area contributed by atoms with E-state index < -0.39 is 11.6 Å². The maximum absolute atomic E-state index is 13.0. The zero-order valence-corrected chi connectivity index (χ0v) is 19.0. The molecule has 4 aromatic rings. The molecule has 3 aromatic carbocycles. The van der Waals surface area contributed by atoms with Gasteiger partial charge in [-0.15, -0.1) is 0 Å². The smallest absolute Gasteiger partial charge is 0.487 e. The van der Waals surface area contributed by atoms with E-state index in [9.17, 15) is 14.0 Å². The Morgan fingerprint density at radius 3 is 2.72 bits per heavy atom. The third-order valence-corrected chi connectivity index (χ3v) is 5.72. The van der Waals surface area contributed by atoms with Crippen molar-refractivity contribution in [2.24, 2.45) is 0 Å². The molecule has 7 nitrogen and oxygen atoms in total. The van der Waals surface area contributed by atoms with Gasteiger partial charge in [0.2, 0.25) is 0 Å². The largest absolute Gasteiger partial charge is 0.513 e. The van der Waals surface area contributed by atoms with Crippen LogP contribution in [-0.4, -0.2) is 24.0 Å². The highest BCUT2D eigenvalue weighted by Gasteiger charge is 2.23. The number of benzene rings is 3. The quantitative estimate of drug-likeness (QED) is 0.264. The van der Waals surface area contributed by atoms with Crippen LogP contribution in [0.5, 0.6) is 11.7 Å². The summed E-state index contributed by atoms with van der Waals surface area (Å²) < 4.78 is 34.8. The first-order chi connectivity index (χ1) is 17.4. The Hall–Kier alpha value is -4.43. The molecule has 0 spiro atoms. The van der Waals surface area contributed by atoms with E-state index in [0.717, 1.165) is 28.5 Å². The normalized spacial score (nSPS) is 14.6. The van der Waals surface area contributed by atoms with Gasteiger partial charge in [0.25, 0.3) is 5.95 Å². The van der Waals surface area contributed by atoms with E-state index in [1.807, 2.05) is 24.3 Å². The zero-order chi connectivity index (χ0) is 25.1. The maximum Gasteiger partial charge on any atom is 0.513 e. The lowest BCUT2D eigenvalue weighted by Gasteiger charge is -2.11. The lowest BCUT2D eigenvalue weighted by Crippen LogP contribution is -2.20. The standard InChI is InChI=1S/C28H21FO7/c29-21-9-5-18(6-10-21)15-33-16-22-13-20-12-17(7-11-25(20)34-22)4-8-19-2-1-3-23-24(30)14-26(35-27(19)23)36-28(31)32/h1-12,14,22H,13,15-16H2,(H,31,32)/b8-4+. The molecule has 5 rings (SSSR count). The van der Waals surface area contributed by atoms with E-state index >= 15 is 0 Å². The second kappa shape index (κ2) is 10.1. The van der Waals surface area contributed by atoms with Crippen LogP contribution < -0.4 is 14.9 Å². The fourth-order valence-electron chi connectivity index (χ4n) is 4.06. The molecule has 36 heavy (non-hydrogen) atoms. The topological polar surface area (TPSA) is 95.2 Å². The summed E-state index contributed by atoms with van der Waals surface area (Å²) in [5, 5.41) is 9.15. The van der Waals surface area contributed by atoms with Gasteiger partial charge in [-0.3, -0.25) is 4.79 Å². The van der Waals surface area contributed by atoms with Crippen LogP contribution in [0.1, 0.15) is 22.3 Å². The van der Waals surface area contributed by atoms with Gasteiger partial charge < -0.3 is 23.7 Å². The number of halogens is 1. The van der Waals surface area contributed by atoms with Gasteiger partial charge in [-0.1, -0.05) is 42.5 Å². The van der Waals surface area contributed by atoms with Crippen molar-refractivity contribution in [3.05, 3.63) is 105 Å². The van der Waals surface area contributed by atoms with Crippen molar-refractivity contribution in [3.8, 4) is 11.7 Å². The van der Waals surface area contributed by atoms with Gasteiger partial charge in [0, 0.05) is 12.0 Å². The molecule has 1 aromatic heterocycles. The number of hydrogen-bond acceptors (Lipinski definition) is 6. The first-order valence-corrected chi connectivity index (χ1v) is 11.2. The number of rotatable bonds is 7. The van der Waals surface area contributed by atoms with E-state index in [1.54, 1.807) is 36.4 Å². The number of para-hydroxylation sites is 1. The second-order valence-corrected chi connectivity index (χ2v) is 8.31. The molecule has 1 aliphatic heterocycles. The van der Waals surface area contributed by atoms with Crippen molar-refractivity contribution in [2.75, 3.05) is 6.61 Å². The first kappa shape index (κ1) is 23.3. The SMILES string of the molecule is O=C(O)Oc1cc(=O)c2cccc(/C=C/c3ccc4c(c3)CC(COCc3ccc(F)cc3)O4)c2o1. The molecule has 0 bridgehead atoms. The Morgan fingerprint density at radius 1 is 1.08 bits per heavy atom. The highest BCUT2D eigenvalue weighted by Crippen LogP contribution is 2.31. The summed E-state index contributed by atoms with van der Waals surface area (Å²) >= 11 is 0. The fraction of sp³-hybridized carbons (Fsp3) is 0.143. The average molecular weight is 488 g/mol. The molecule has 0 fully saturated rings. The molecule has 0 amide bonds. The summed E-state index contributed by atoms with van der Waals surface area (Å²) in [6, 6.07) is 18.1. The summed E-state index contributed by atoms with van der Waals surface area (Å²) in [4.78, 5) is 23.2. The molecule has 1 unspecified atom stereocenters. The van der Waals surface area contributed by atoms with Gasteiger partial charge >= 0.3 is 6.16 Å². The van der Waals surface area contributed by atoms with Crippen LogP contribution in [0.15, 0.2) is 75.9 Å². The summed E-state index contributed by atoms with van der Waals surface area (Å²) in [7, 11) is 0. The number of fused-ring (bicyclic) bond motifs is 2. The van der Waals surface area contributed by atoms with E-state index in [2.05, 4.69) is 4.74 Å². The van der Waals surface area contributed by atoms with Crippen molar-refractivity contribution >= 4 is 29.3 Å². The van der Waals surface area contributed by atoms with E-state index in [-0.39, 0.29) is 23.5 Å². The highest BCUT2D eigenvalue weighted by molar-refractivity contribution is 5.88. The molecule has 2 heterocycles. The first-order valence-electron chi connectivity index (χ1n) is 11.2. The van der Waals surface area contributed by atoms with E-state index in [0.29, 0.717) is 30.6 Å². The summed E-state index contributed by atoms with van der Waals surface area (Å²) in [6.07, 6.45) is 2.68. The molecule has 8 heteroatoms. The third kappa shape index (κ3) is 5.29. The molecule has 0 saturated carbocycles. The molecule has 0 radical (unpaired) electrons. The van der Waals surface area contributed by atoms with Gasteiger partial charge in [-0.05, 0) is 47.0 Å². The van der Waals surface area contributed by atoms with Gasteiger partial charge in [0.1, 0.15) is 23.3 Å². The van der Waals surface area contributed by atoms with Crippen LogP contribution >= 0.6 is 0 Å². The third-order valence-electron chi connectivity index (χ3n) is 5.72. The zero-order valence-electron chi connectivity index (χ0n) is 19.0. The monoisotopic (exact) mass is 488 g/mol. The lowest BCUT2D eigenvalue weighted by molar-refractivity contribution is 0.0510. The molecular weight excluding hydrogens is 467 g/mol. The van der Waals surface area contributed by atoms with E-state index in [1.165, 1.54) is 12.1 Å². The summed E-state index contributed by atoms with van der Waals surface area (Å²) in [5.41, 5.74) is 3.30. The number of carbonyl (C=O) groups is 1. The minimum absolute atomic E-state index is 0.111. The van der Waals surface area contributed by atoms with E-state index in [4.69, 9.17) is 19.0 Å². The van der Waals surface area contributed by atoms with Crippen LogP contribution in [0.3, 0.4) is 0 Å². The van der Waals surface area contributed by atoms with Crippen LogP contribution in [0.2, 0.25) is 0 Å². The Kier molecular flexibility index (Phi) is 6.51. The predicted octanol–water partition coefficient (Wildman–Crippen LogP) is 5.68. The highest BCUT2D eigenvalue weighted by atomic mass is 19.1. The fourth-order valence-corrected chi connectivity index (χ4v) is 4.06. The molecule has 0 saturated heterocycles. The minimum Gasteiger partial charge on any atom is -0.487 e. The maximum atomic E-state index is 13.0. The van der Waals surface area contributed by atoms with Crippen LogP contribution in [-0.2, 0) is 17.8 Å². The number of ether oxygens (including phenoxy) is 3. The summed E-state index contributed by atoms with van der Waals surface area (Å²) in [6.45, 7) is 0.790. The van der Waals surface area contributed by atoms with Crippen molar-refractivity contribution in [3.63, 3.8) is 0 Å². The average Bonchev–Trinajstić information content (AvgIpc) is 3.26. The van der Waals surface area contributed by atoms with Crippen LogP contribution in [0.4, 0.5) is 9.18 Å². The molecule has 182 valence electrons. The molecule has 1 atom stereocenters. The van der Waals surface area contributed by atoms with Crippen molar-refractivity contribution in [2.45, 2.75) is 19.1 Å². The molecule has 1 N–H and O–H groups in total. The minimum atomic E-state index is -1.56. The van der Waals surface area contributed by atoms with Crippen molar-refractivity contribution < 1.29 is 32.9 Å².